The Bertz CT molecular complexity index is 337. The lowest BCUT2D eigenvalue weighted by Gasteiger charge is -2.22. The molecule has 2 atom stereocenters. The van der Waals surface area contributed by atoms with Gasteiger partial charge in [-0.05, 0) is 32.1 Å². The molecule has 1 aromatic rings. The zero-order chi connectivity index (χ0) is 13.5. The standard InChI is InChI=1S/C13H23ClN2S2/c1-4-16(5-2)8-9-17-13(10(3)15)11-6-7-12(14)18-11/h6-7,10,13H,4-5,8-9,15H2,1-3H3. The van der Waals surface area contributed by atoms with E-state index in [0.29, 0.717) is 5.25 Å². The zero-order valence-corrected chi connectivity index (χ0v) is 13.7. The first-order valence-electron chi connectivity index (χ1n) is 6.43. The van der Waals surface area contributed by atoms with Crippen LogP contribution in [0.5, 0.6) is 0 Å². The molecule has 0 radical (unpaired) electrons. The van der Waals surface area contributed by atoms with Gasteiger partial charge in [0.05, 0.1) is 9.59 Å². The van der Waals surface area contributed by atoms with Gasteiger partial charge in [-0.2, -0.15) is 0 Å². The summed E-state index contributed by atoms with van der Waals surface area (Å²) in [5, 5.41) is 0.359. The first-order chi connectivity index (χ1) is 8.58. The number of nitrogens with two attached hydrogens (primary N) is 1. The van der Waals surface area contributed by atoms with Gasteiger partial charge in [0.2, 0.25) is 0 Å². The van der Waals surface area contributed by atoms with Crippen LogP contribution in [-0.4, -0.2) is 36.3 Å². The highest BCUT2D eigenvalue weighted by Crippen LogP contribution is 2.37. The molecule has 18 heavy (non-hydrogen) atoms. The first-order valence-corrected chi connectivity index (χ1v) is 8.67. The van der Waals surface area contributed by atoms with Crippen LogP contribution in [-0.2, 0) is 0 Å². The van der Waals surface area contributed by atoms with Crippen LogP contribution >= 0.6 is 34.7 Å². The SMILES string of the molecule is CCN(CC)CCSC(c1ccc(Cl)s1)C(C)N. The Labute approximate surface area is 124 Å². The molecule has 0 aliphatic carbocycles. The first kappa shape index (κ1) is 16.3. The van der Waals surface area contributed by atoms with Gasteiger partial charge >= 0.3 is 0 Å². The number of thiophene rings is 1. The highest BCUT2D eigenvalue weighted by Gasteiger charge is 2.18. The second kappa shape index (κ2) is 8.43. The average molecular weight is 307 g/mol. The lowest BCUT2D eigenvalue weighted by atomic mass is 10.2. The molecule has 104 valence electrons. The molecule has 2 unspecified atom stereocenters. The lowest BCUT2D eigenvalue weighted by Crippen LogP contribution is -2.27. The Morgan fingerprint density at radius 2 is 2.06 bits per heavy atom. The highest BCUT2D eigenvalue weighted by molar-refractivity contribution is 7.99. The van der Waals surface area contributed by atoms with E-state index in [1.807, 2.05) is 17.8 Å². The minimum absolute atomic E-state index is 0.154. The maximum Gasteiger partial charge on any atom is 0.0931 e. The van der Waals surface area contributed by atoms with Crippen LogP contribution in [0.25, 0.3) is 0 Å². The number of hydrogen-bond donors (Lipinski definition) is 1. The van der Waals surface area contributed by atoms with Crippen molar-refractivity contribution in [2.75, 3.05) is 25.4 Å². The maximum atomic E-state index is 6.09. The van der Waals surface area contributed by atoms with E-state index in [2.05, 4.69) is 31.7 Å². The Hall–Kier alpha value is 0.260. The molecule has 0 saturated carbocycles. The predicted octanol–water partition coefficient (Wildman–Crippen LogP) is 3.86. The summed E-state index contributed by atoms with van der Waals surface area (Å²) < 4.78 is 0.847. The minimum Gasteiger partial charge on any atom is -0.327 e. The number of halogens is 1. The van der Waals surface area contributed by atoms with Crippen LogP contribution in [0.3, 0.4) is 0 Å². The summed E-state index contributed by atoms with van der Waals surface area (Å²) in [6, 6.07) is 4.22. The topological polar surface area (TPSA) is 29.3 Å². The largest absolute Gasteiger partial charge is 0.327 e. The van der Waals surface area contributed by atoms with Gasteiger partial charge in [0.25, 0.3) is 0 Å². The number of rotatable bonds is 8. The van der Waals surface area contributed by atoms with Gasteiger partial charge in [0, 0.05) is 23.2 Å². The van der Waals surface area contributed by atoms with E-state index in [1.165, 1.54) is 4.88 Å². The second-order valence-electron chi connectivity index (χ2n) is 4.32. The third kappa shape index (κ3) is 5.10. The fourth-order valence-corrected chi connectivity index (χ4v) is 4.49. The van der Waals surface area contributed by atoms with Crippen molar-refractivity contribution in [3.8, 4) is 0 Å². The molecule has 0 aliphatic rings. The third-order valence-corrected chi connectivity index (χ3v) is 5.88. The molecular formula is C13H23ClN2S2. The van der Waals surface area contributed by atoms with Gasteiger partial charge in [-0.15, -0.1) is 23.1 Å². The average Bonchev–Trinajstić information content (AvgIpc) is 2.75. The molecule has 0 spiro atoms. The van der Waals surface area contributed by atoms with Crippen molar-refractivity contribution in [1.82, 2.24) is 4.90 Å². The van der Waals surface area contributed by atoms with Crippen molar-refractivity contribution < 1.29 is 0 Å². The van der Waals surface area contributed by atoms with Crippen molar-refractivity contribution in [2.24, 2.45) is 5.73 Å². The lowest BCUT2D eigenvalue weighted by molar-refractivity contribution is 0.323. The highest BCUT2D eigenvalue weighted by atomic mass is 35.5. The number of hydrogen-bond acceptors (Lipinski definition) is 4. The van der Waals surface area contributed by atoms with E-state index in [9.17, 15) is 0 Å². The van der Waals surface area contributed by atoms with Crippen LogP contribution in [0.2, 0.25) is 4.34 Å². The molecule has 0 aromatic carbocycles. The van der Waals surface area contributed by atoms with E-state index in [-0.39, 0.29) is 6.04 Å². The summed E-state index contributed by atoms with van der Waals surface area (Å²) >= 11 is 9.58. The maximum absolute atomic E-state index is 6.09. The van der Waals surface area contributed by atoms with Gasteiger partial charge in [0.1, 0.15) is 0 Å². The molecule has 0 fully saturated rings. The summed E-state index contributed by atoms with van der Waals surface area (Å²) in [5.41, 5.74) is 6.09. The van der Waals surface area contributed by atoms with E-state index in [0.717, 1.165) is 29.7 Å². The van der Waals surface area contributed by atoms with Gasteiger partial charge in [-0.3, -0.25) is 0 Å². The van der Waals surface area contributed by atoms with Crippen LogP contribution in [0.15, 0.2) is 12.1 Å². The fourth-order valence-electron chi connectivity index (χ4n) is 1.82. The summed E-state index contributed by atoms with van der Waals surface area (Å²) in [5.74, 6) is 1.11. The Morgan fingerprint density at radius 3 is 2.50 bits per heavy atom. The van der Waals surface area contributed by atoms with Crippen LogP contribution in [0.4, 0.5) is 0 Å². The van der Waals surface area contributed by atoms with Crippen LogP contribution < -0.4 is 5.73 Å². The molecule has 0 amide bonds. The van der Waals surface area contributed by atoms with Crippen molar-refractivity contribution in [1.29, 1.82) is 0 Å². The summed E-state index contributed by atoms with van der Waals surface area (Å²) in [6.07, 6.45) is 0. The number of thioether (sulfide) groups is 1. The van der Waals surface area contributed by atoms with Gasteiger partial charge in [-0.25, -0.2) is 0 Å². The van der Waals surface area contributed by atoms with Crippen molar-refractivity contribution in [3.05, 3.63) is 21.3 Å². The normalized spacial score (nSPS) is 15.0. The molecule has 5 heteroatoms. The molecule has 0 saturated heterocycles. The quantitative estimate of drug-likeness (QED) is 0.790. The van der Waals surface area contributed by atoms with E-state index < -0.39 is 0 Å². The molecule has 1 heterocycles. The molecule has 2 nitrogen and oxygen atoms in total. The summed E-state index contributed by atoms with van der Waals surface area (Å²) in [4.78, 5) is 3.73. The summed E-state index contributed by atoms with van der Waals surface area (Å²) in [6.45, 7) is 9.84. The van der Waals surface area contributed by atoms with Crippen LogP contribution in [0.1, 0.15) is 30.9 Å². The predicted molar refractivity (Wildman–Crippen MR) is 86.0 cm³/mol. The van der Waals surface area contributed by atoms with Crippen molar-refractivity contribution >= 4 is 34.7 Å². The Balaban J connectivity index is 2.49. The Morgan fingerprint density at radius 1 is 1.39 bits per heavy atom. The van der Waals surface area contributed by atoms with Gasteiger partial charge in [-0.1, -0.05) is 25.4 Å². The Kier molecular flexibility index (Phi) is 7.64. The van der Waals surface area contributed by atoms with Gasteiger partial charge in [0.15, 0.2) is 0 Å². The molecule has 0 aliphatic heterocycles. The number of nitrogens with zero attached hydrogens (tertiary/aromatic N) is 1. The molecule has 1 aromatic heterocycles. The van der Waals surface area contributed by atoms with E-state index >= 15 is 0 Å². The minimum atomic E-state index is 0.154. The molecule has 0 bridgehead atoms. The second-order valence-corrected chi connectivity index (χ2v) is 7.32. The fraction of sp³-hybridized carbons (Fsp3) is 0.692. The monoisotopic (exact) mass is 306 g/mol. The zero-order valence-electron chi connectivity index (χ0n) is 11.4. The molecule has 2 N–H and O–H groups in total. The summed E-state index contributed by atoms with van der Waals surface area (Å²) in [7, 11) is 0. The van der Waals surface area contributed by atoms with E-state index in [1.54, 1.807) is 11.3 Å². The van der Waals surface area contributed by atoms with Crippen LogP contribution in [0, 0.1) is 0 Å². The third-order valence-electron chi connectivity index (χ3n) is 2.95. The van der Waals surface area contributed by atoms with Gasteiger partial charge < -0.3 is 10.6 Å². The van der Waals surface area contributed by atoms with Crippen molar-refractivity contribution in [3.63, 3.8) is 0 Å². The van der Waals surface area contributed by atoms with Crippen molar-refractivity contribution in [2.45, 2.75) is 32.1 Å². The van der Waals surface area contributed by atoms with E-state index in [4.69, 9.17) is 17.3 Å². The molecular weight excluding hydrogens is 284 g/mol. The smallest absolute Gasteiger partial charge is 0.0931 e. The molecule has 1 rings (SSSR count).